The molecule has 1 saturated heterocycles. The molecule has 33 heavy (non-hydrogen) atoms. The van der Waals surface area contributed by atoms with Gasteiger partial charge in [0.2, 0.25) is 10.0 Å². The summed E-state index contributed by atoms with van der Waals surface area (Å²) in [6, 6.07) is 6.46. The lowest BCUT2D eigenvalue weighted by Gasteiger charge is -2.26. The number of carbonyl (C=O) groups is 1. The van der Waals surface area contributed by atoms with E-state index >= 15 is 0 Å². The Balaban J connectivity index is 1.47. The monoisotopic (exact) mass is 509 g/mol. The van der Waals surface area contributed by atoms with Crippen LogP contribution in [0, 0.1) is 0 Å². The second-order valence-corrected chi connectivity index (χ2v) is 11.3. The van der Waals surface area contributed by atoms with Crippen LogP contribution in [0.1, 0.15) is 40.1 Å². The van der Waals surface area contributed by atoms with E-state index in [1.807, 2.05) is 0 Å². The highest BCUT2D eigenvalue weighted by Crippen LogP contribution is 2.38. The summed E-state index contributed by atoms with van der Waals surface area (Å²) in [6.45, 7) is 1.50. The predicted octanol–water partition coefficient (Wildman–Crippen LogP) is 3.63. The minimum atomic E-state index is -3.55. The van der Waals surface area contributed by atoms with Crippen LogP contribution >= 0.6 is 23.6 Å². The zero-order valence-corrected chi connectivity index (χ0v) is 20.8. The predicted molar refractivity (Wildman–Crippen MR) is 133 cm³/mol. The number of rotatable bonds is 5. The van der Waals surface area contributed by atoms with E-state index in [0.717, 1.165) is 37.7 Å². The van der Waals surface area contributed by atoms with Crippen molar-refractivity contribution in [3.63, 3.8) is 0 Å². The van der Waals surface area contributed by atoms with E-state index in [4.69, 9.17) is 21.7 Å². The molecule has 178 valence electrons. The average molecular weight is 510 g/mol. The van der Waals surface area contributed by atoms with Crippen molar-refractivity contribution in [1.29, 1.82) is 0 Å². The van der Waals surface area contributed by atoms with Crippen molar-refractivity contribution in [2.45, 2.75) is 37.0 Å². The lowest BCUT2D eigenvalue weighted by Crippen LogP contribution is -2.40. The number of hydrogen-bond donors (Lipinski definition) is 2. The molecule has 0 radical (unpaired) electrons. The summed E-state index contributed by atoms with van der Waals surface area (Å²) in [7, 11) is -2.17. The summed E-state index contributed by atoms with van der Waals surface area (Å²) in [6.07, 6.45) is 5.12. The number of hydrogen-bond acceptors (Lipinski definition) is 7. The molecule has 1 aromatic heterocycles. The first-order valence-electron chi connectivity index (χ1n) is 10.9. The van der Waals surface area contributed by atoms with Gasteiger partial charge in [0, 0.05) is 23.7 Å². The topological polar surface area (TPSA) is 97.0 Å². The van der Waals surface area contributed by atoms with E-state index in [1.54, 1.807) is 35.6 Å². The molecule has 4 rings (SSSR count). The third-order valence-electron chi connectivity index (χ3n) is 5.76. The maximum atomic E-state index is 12.8. The number of aryl methyl sites for hydroxylation is 1. The molecule has 2 aromatic rings. The molecule has 11 heteroatoms. The minimum absolute atomic E-state index is 0.226. The van der Waals surface area contributed by atoms with Crippen LogP contribution in [0.15, 0.2) is 29.2 Å². The smallest absolute Gasteiger partial charge is 0.341 e. The van der Waals surface area contributed by atoms with Crippen LogP contribution < -0.4 is 10.6 Å². The Kier molecular flexibility index (Phi) is 7.65. The first-order valence-corrected chi connectivity index (χ1v) is 13.6. The molecular weight excluding hydrogens is 482 g/mol. The van der Waals surface area contributed by atoms with Crippen molar-refractivity contribution in [2.24, 2.45) is 0 Å². The number of esters is 1. The highest BCUT2D eigenvalue weighted by Gasteiger charge is 2.27. The van der Waals surface area contributed by atoms with Crippen molar-refractivity contribution in [3.05, 3.63) is 40.3 Å². The summed E-state index contributed by atoms with van der Waals surface area (Å²) in [5.41, 5.74) is 2.27. The molecule has 0 unspecified atom stereocenters. The largest absolute Gasteiger partial charge is 0.465 e. The summed E-state index contributed by atoms with van der Waals surface area (Å²) < 4.78 is 37.3. The van der Waals surface area contributed by atoms with Crippen LogP contribution in [-0.4, -0.2) is 57.2 Å². The summed E-state index contributed by atoms with van der Waals surface area (Å²) in [5, 5.41) is 7.22. The van der Waals surface area contributed by atoms with Crippen molar-refractivity contribution < 1.29 is 22.7 Å². The van der Waals surface area contributed by atoms with Gasteiger partial charge in [0.25, 0.3) is 0 Å². The molecule has 0 spiro atoms. The highest BCUT2D eigenvalue weighted by molar-refractivity contribution is 7.89. The molecule has 8 nitrogen and oxygen atoms in total. The standard InChI is InChI=1S/C22H27N3O5S3/c1-29-21(26)19-17-5-3-2-4-6-18(17)32-20(19)24-22(31)23-15-7-9-16(10-8-15)33(27,28)25-11-13-30-14-12-25/h7-10H,2-6,11-14H2,1H3,(H2,23,24,31). The first-order chi connectivity index (χ1) is 15.9. The van der Waals surface area contributed by atoms with Gasteiger partial charge in [0.1, 0.15) is 5.00 Å². The second-order valence-electron chi connectivity index (χ2n) is 7.88. The van der Waals surface area contributed by atoms with E-state index < -0.39 is 10.0 Å². The van der Waals surface area contributed by atoms with E-state index in [9.17, 15) is 13.2 Å². The highest BCUT2D eigenvalue weighted by atomic mass is 32.2. The quantitative estimate of drug-likeness (QED) is 0.358. The van der Waals surface area contributed by atoms with Gasteiger partial charge in [0.05, 0.1) is 30.8 Å². The molecule has 0 atom stereocenters. The van der Waals surface area contributed by atoms with Crippen LogP contribution in [0.25, 0.3) is 0 Å². The Morgan fingerprint density at radius 2 is 1.79 bits per heavy atom. The molecule has 0 saturated carbocycles. The van der Waals surface area contributed by atoms with Gasteiger partial charge in [-0.05, 0) is 67.7 Å². The third-order valence-corrected chi connectivity index (χ3v) is 9.08. The SMILES string of the molecule is COC(=O)c1c(NC(=S)Nc2ccc(S(=O)(=O)N3CCOCC3)cc2)sc2c1CCCCC2. The van der Waals surface area contributed by atoms with Gasteiger partial charge in [-0.15, -0.1) is 11.3 Å². The maximum absolute atomic E-state index is 12.8. The number of fused-ring (bicyclic) bond motifs is 1. The van der Waals surface area contributed by atoms with Crippen molar-refractivity contribution in [1.82, 2.24) is 4.31 Å². The summed E-state index contributed by atoms with van der Waals surface area (Å²) >= 11 is 7.01. The number of nitrogens with one attached hydrogen (secondary N) is 2. The lowest BCUT2D eigenvalue weighted by atomic mass is 10.1. The minimum Gasteiger partial charge on any atom is -0.465 e. The molecule has 1 aromatic carbocycles. The fraction of sp³-hybridized carbons (Fsp3) is 0.455. The van der Waals surface area contributed by atoms with Crippen molar-refractivity contribution >= 4 is 55.3 Å². The molecule has 1 aliphatic heterocycles. The van der Waals surface area contributed by atoms with Crippen molar-refractivity contribution in [2.75, 3.05) is 44.0 Å². The van der Waals surface area contributed by atoms with Gasteiger partial charge >= 0.3 is 5.97 Å². The Labute approximate surface area is 203 Å². The number of morpholine rings is 1. The molecular formula is C22H27N3O5S3. The maximum Gasteiger partial charge on any atom is 0.341 e. The van der Waals surface area contributed by atoms with Crippen LogP contribution in [0.2, 0.25) is 0 Å². The van der Waals surface area contributed by atoms with E-state index in [0.29, 0.717) is 47.7 Å². The molecule has 2 aliphatic rings. The van der Waals surface area contributed by atoms with E-state index in [1.165, 1.54) is 16.3 Å². The third kappa shape index (κ3) is 5.38. The molecule has 0 amide bonds. The molecule has 0 bridgehead atoms. The molecule has 1 aliphatic carbocycles. The van der Waals surface area contributed by atoms with Gasteiger partial charge in [-0.3, -0.25) is 0 Å². The Morgan fingerprint density at radius 3 is 2.48 bits per heavy atom. The van der Waals surface area contributed by atoms with Crippen molar-refractivity contribution in [3.8, 4) is 0 Å². The van der Waals surface area contributed by atoms with Gasteiger partial charge in [-0.25, -0.2) is 13.2 Å². The Hall–Kier alpha value is -2.05. The number of sulfonamides is 1. The lowest BCUT2D eigenvalue weighted by molar-refractivity contribution is 0.0601. The first kappa shape index (κ1) is 24.1. The number of benzene rings is 1. The second kappa shape index (κ2) is 10.5. The van der Waals surface area contributed by atoms with Gasteiger partial charge in [0.15, 0.2) is 5.11 Å². The van der Waals surface area contributed by atoms with E-state index in [-0.39, 0.29) is 10.9 Å². The zero-order chi connectivity index (χ0) is 23.4. The normalized spacial score (nSPS) is 17.0. The van der Waals surface area contributed by atoms with E-state index in [2.05, 4.69) is 10.6 Å². The van der Waals surface area contributed by atoms with Crippen LogP contribution in [-0.2, 0) is 32.3 Å². The van der Waals surface area contributed by atoms with Gasteiger partial charge < -0.3 is 20.1 Å². The summed E-state index contributed by atoms with van der Waals surface area (Å²) in [5.74, 6) is -0.364. The molecule has 2 heterocycles. The number of ether oxygens (including phenoxy) is 2. The van der Waals surface area contributed by atoms with Crippen LogP contribution in [0.3, 0.4) is 0 Å². The zero-order valence-electron chi connectivity index (χ0n) is 18.4. The Bertz CT molecular complexity index is 1120. The fourth-order valence-corrected chi connectivity index (χ4v) is 7.03. The number of anilines is 2. The fourth-order valence-electron chi connectivity index (χ4n) is 4.06. The molecule has 2 N–H and O–H groups in total. The number of methoxy groups -OCH3 is 1. The number of thiophene rings is 1. The average Bonchev–Trinajstić information content (AvgIpc) is 2.99. The molecule has 1 fully saturated rings. The van der Waals surface area contributed by atoms with Crippen LogP contribution in [0.5, 0.6) is 0 Å². The Morgan fingerprint density at radius 1 is 1.09 bits per heavy atom. The number of carbonyl (C=O) groups excluding carboxylic acids is 1. The summed E-state index contributed by atoms with van der Waals surface area (Å²) in [4.78, 5) is 13.9. The number of nitrogens with zero attached hydrogens (tertiary/aromatic N) is 1. The van der Waals surface area contributed by atoms with Crippen LogP contribution in [0.4, 0.5) is 10.7 Å². The van der Waals surface area contributed by atoms with Gasteiger partial charge in [-0.2, -0.15) is 4.31 Å². The van der Waals surface area contributed by atoms with Gasteiger partial charge in [-0.1, -0.05) is 6.42 Å². The number of thiocarbonyl (C=S) groups is 1.